The standard InChI is InChI=1S/C26H6F16N2O4/c27-19-12(6-44)20(28)22(30)18(21(19)29)11(5-43)17-9-3-15(47-25(37,38)39)13(45-23(31,32)33)1-7(9)8-2-14(46-24(34,35)36)16(4-10(8)17)48-26(40,41)42/h1-4,18,21H. The van der Waals surface area contributed by atoms with Gasteiger partial charge < -0.3 is 18.9 Å². The lowest BCUT2D eigenvalue weighted by molar-refractivity contribution is -0.287. The zero-order valence-corrected chi connectivity index (χ0v) is 22.0. The molecule has 0 saturated heterocycles. The highest BCUT2D eigenvalue weighted by Gasteiger charge is 2.46. The van der Waals surface area contributed by atoms with Crippen molar-refractivity contribution in [2.75, 3.05) is 0 Å². The molecule has 0 N–H and O–H groups in total. The summed E-state index contributed by atoms with van der Waals surface area (Å²) in [5.74, 6) is -17.9. The van der Waals surface area contributed by atoms with E-state index in [2.05, 4.69) is 18.9 Å². The van der Waals surface area contributed by atoms with Crippen molar-refractivity contribution < 1.29 is 89.2 Å². The second-order valence-electron chi connectivity index (χ2n) is 9.16. The molecule has 2 aliphatic carbocycles. The molecular weight excluding hydrogens is 708 g/mol. The Morgan fingerprint density at radius 1 is 0.562 bits per heavy atom. The van der Waals surface area contributed by atoms with Crippen LogP contribution < -0.4 is 18.9 Å². The third-order valence-corrected chi connectivity index (χ3v) is 6.19. The predicted octanol–water partition coefficient (Wildman–Crippen LogP) is 9.45. The maximum Gasteiger partial charge on any atom is 0.573 e. The van der Waals surface area contributed by atoms with Gasteiger partial charge in [-0.25, -0.2) is 17.6 Å². The quantitative estimate of drug-likeness (QED) is 0.194. The summed E-state index contributed by atoms with van der Waals surface area (Å²) in [6.07, 6.45) is -26.8. The molecule has 0 heterocycles. The molecule has 0 aromatic heterocycles. The third kappa shape index (κ3) is 7.16. The van der Waals surface area contributed by atoms with Gasteiger partial charge in [0.1, 0.15) is 17.5 Å². The van der Waals surface area contributed by atoms with Crippen LogP contribution in [0.1, 0.15) is 11.1 Å². The number of alkyl halides is 13. The van der Waals surface area contributed by atoms with Crippen LogP contribution in [0.15, 0.2) is 52.9 Å². The van der Waals surface area contributed by atoms with Crippen molar-refractivity contribution in [3.05, 3.63) is 64.0 Å². The van der Waals surface area contributed by atoms with Crippen molar-refractivity contribution in [3.63, 3.8) is 0 Å². The number of ether oxygens (including phenoxy) is 4. The SMILES string of the molecule is N#CC1=C(F)C(F)C(C(C#N)=C2c3cc(OC(F)(F)F)c(OC(F)(F)F)cc3-c3cc(OC(F)(F)F)c(OC(F)(F)F)cc32)C(F)=C1F. The van der Waals surface area contributed by atoms with E-state index in [9.17, 15) is 66.7 Å². The smallest absolute Gasteiger partial charge is 0.402 e. The Morgan fingerprint density at radius 2 is 0.896 bits per heavy atom. The van der Waals surface area contributed by atoms with Gasteiger partial charge >= 0.3 is 25.4 Å². The Balaban J connectivity index is 2.19. The van der Waals surface area contributed by atoms with E-state index in [1.807, 2.05) is 0 Å². The fourth-order valence-corrected chi connectivity index (χ4v) is 4.66. The molecule has 2 aliphatic rings. The van der Waals surface area contributed by atoms with E-state index in [1.165, 1.54) is 0 Å². The van der Waals surface area contributed by atoms with Gasteiger partial charge in [-0.2, -0.15) is 10.5 Å². The summed E-state index contributed by atoms with van der Waals surface area (Å²) in [6.45, 7) is 0. The van der Waals surface area contributed by atoms with Gasteiger partial charge in [0.25, 0.3) is 0 Å². The van der Waals surface area contributed by atoms with E-state index >= 15 is 8.78 Å². The van der Waals surface area contributed by atoms with Crippen molar-refractivity contribution in [3.8, 4) is 46.3 Å². The van der Waals surface area contributed by atoms with Gasteiger partial charge in [0, 0.05) is 5.57 Å². The van der Waals surface area contributed by atoms with Crippen LogP contribution in [0.4, 0.5) is 70.2 Å². The molecule has 2 aromatic rings. The lowest BCUT2D eigenvalue weighted by Crippen LogP contribution is -2.26. The number of rotatable bonds is 5. The Hall–Kier alpha value is -5.28. The van der Waals surface area contributed by atoms with Gasteiger partial charge in [-0.1, -0.05) is 0 Å². The maximum atomic E-state index is 15.2. The van der Waals surface area contributed by atoms with Crippen molar-refractivity contribution in [1.82, 2.24) is 0 Å². The molecule has 0 radical (unpaired) electrons. The Kier molecular flexibility index (Phi) is 8.71. The highest BCUT2D eigenvalue weighted by Crippen LogP contribution is 2.56. The molecule has 2 unspecified atom stereocenters. The molecular formula is C26H6F16N2O4. The van der Waals surface area contributed by atoms with Crippen LogP contribution in [0.3, 0.4) is 0 Å². The summed E-state index contributed by atoms with van der Waals surface area (Å²) in [7, 11) is 0. The summed E-state index contributed by atoms with van der Waals surface area (Å²) < 4.78 is 231. The summed E-state index contributed by atoms with van der Waals surface area (Å²) in [6, 6.07) is 1.68. The van der Waals surface area contributed by atoms with Gasteiger partial charge in [-0.05, 0) is 46.5 Å². The van der Waals surface area contributed by atoms with Gasteiger partial charge in [-0.15, -0.1) is 52.7 Å². The van der Waals surface area contributed by atoms with E-state index < -0.39 is 117 Å². The first-order valence-electron chi connectivity index (χ1n) is 11.9. The second kappa shape index (κ2) is 11.8. The minimum atomic E-state index is -5.83. The molecule has 2 aromatic carbocycles. The molecule has 6 nitrogen and oxygen atoms in total. The van der Waals surface area contributed by atoms with E-state index in [0.717, 1.165) is 12.1 Å². The van der Waals surface area contributed by atoms with Crippen molar-refractivity contribution in [1.29, 1.82) is 10.5 Å². The predicted molar refractivity (Wildman–Crippen MR) is 122 cm³/mol. The fourth-order valence-electron chi connectivity index (χ4n) is 4.66. The number of nitriles is 2. The highest BCUT2D eigenvalue weighted by molar-refractivity contribution is 6.05. The number of nitrogens with zero attached hydrogens (tertiary/aromatic N) is 2. The Morgan fingerprint density at radius 3 is 1.19 bits per heavy atom. The van der Waals surface area contributed by atoms with E-state index in [0.29, 0.717) is 0 Å². The van der Waals surface area contributed by atoms with Crippen LogP contribution in [0.5, 0.6) is 23.0 Å². The Labute approximate surface area is 253 Å². The molecule has 256 valence electrons. The number of benzene rings is 2. The largest absolute Gasteiger partial charge is 0.573 e. The second-order valence-corrected chi connectivity index (χ2v) is 9.16. The monoisotopic (exact) mass is 714 g/mol. The van der Waals surface area contributed by atoms with Gasteiger partial charge in [0.15, 0.2) is 40.8 Å². The number of hydrogen-bond acceptors (Lipinski definition) is 6. The van der Waals surface area contributed by atoms with Crippen molar-refractivity contribution >= 4 is 5.57 Å². The van der Waals surface area contributed by atoms with Crippen LogP contribution >= 0.6 is 0 Å². The minimum absolute atomic E-state index is 0.0127. The van der Waals surface area contributed by atoms with Crippen molar-refractivity contribution in [2.45, 2.75) is 31.6 Å². The lowest BCUT2D eigenvalue weighted by atomic mass is 9.82. The molecule has 0 amide bonds. The summed E-state index contributed by atoms with van der Waals surface area (Å²) in [5.41, 5.74) is -8.97. The Bertz CT molecular complexity index is 1770. The highest BCUT2D eigenvalue weighted by atomic mass is 19.4. The van der Waals surface area contributed by atoms with Crippen molar-refractivity contribution in [2.24, 2.45) is 5.92 Å². The molecule has 0 spiro atoms. The molecule has 2 atom stereocenters. The molecule has 0 saturated carbocycles. The molecule has 0 aliphatic heterocycles. The zero-order valence-electron chi connectivity index (χ0n) is 22.0. The molecule has 4 rings (SSSR count). The normalized spacial score (nSPS) is 18.2. The van der Waals surface area contributed by atoms with Crippen LogP contribution in [0.2, 0.25) is 0 Å². The third-order valence-electron chi connectivity index (χ3n) is 6.19. The molecule has 48 heavy (non-hydrogen) atoms. The van der Waals surface area contributed by atoms with Gasteiger partial charge in [0.2, 0.25) is 0 Å². The number of halogens is 16. The van der Waals surface area contributed by atoms with Gasteiger partial charge in [0.05, 0.1) is 17.6 Å². The summed E-state index contributed by atoms with van der Waals surface area (Å²) in [5, 5.41) is 18.7. The average molecular weight is 714 g/mol. The first-order valence-corrected chi connectivity index (χ1v) is 11.9. The maximum absolute atomic E-state index is 15.2. The number of hydrogen-bond donors (Lipinski definition) is 0. The zero-order chi connectivity index (χ0) is 36.3. The van der Waals surface area contributed by atoms with Crippen LogP contribution in [-0.4, -0.2) is 31.6 Å². The number of fused-ring (bicyclic) bond motifs is 3. The topological polar surface area (TPSA) is 84.5 Å². The molecule has 0 bridgehead atoms. The van der Waals surface area contributed by atoms with Gasteiger partial charge in [-0.3, -0.25) is 0 Å². The van der Waals surface area contributed by atoms with Crippen LogP contribution in [0, 0.1) is 28.6 Å². The fraction of sp³-hybridized carbons (Fsp3) is 0.231. The van der Waals surface area contributed by atoms with E-state index in [-0.39, 0.29) is 24.3 Å². The summed E-state index contributed by atoms with van der Waals surface area (Å²) in [4.78, 5) is 0. The molecule has 0 fully saturated rings. The molecule has 22 heteroatoms. The minimum Gasteiger partial charge on any atom is -0.402 e. The average Bonchev–Trinajstić information content (AvgIpc) is 3.19. The van der Waals surface area contributed by atoms with E-state index in [1.54, 1.807) is 0 Å². The first-order chi connectivity index (χ1) is 21.9. The summed E-state index contributed by atoms with van der Waals surface area (Å²) >= 11 is 0. The lowest BCUT2D eigenvalue weighted by Gasteiger charge is -2.25. The number of allylic oxidation sites excluding steroid dienone is 5. The van der Waals surface area contributed by atoms with Crippen LogP contribution in [0.25, 0.3) is 16.7 Å². The van der Waals surface area contributed by atoms with Crippen LogP contribution in [-0.2, 0) is 0 Å². The van der Waals surface area contributed by atoms with E-state index in [4.69, 9.17) is 5.26 Å². The first kappa shape index (κ1) is 35.6.